The molecule has 8 heteroatoms. The summed E-state index contributed by atoms with van der Waals surface area (Å²) in [6.45, 7) is 8.05. The molecule has 1 aliphatic rings. The average molecular weight is 426 g/mol. The molecular formula is C21H32ClN3O4. The van der Waals surface area contributed by atoms with Gasteiger partial charge in [0.15, 0.2) is 0 Å². The third-order valence-corrected chi connectivity index (χ3v) is 5.33. The minimum absolute atomic E-state index is 0.00649. The number of halogens is 1. The first-order chi connectivity index (χ1) is 13.9. The quantitative estimate of drug-likeness (QED) is 0.594. The van der Waals surface area contributed by atoms with Crippen LogP contribution < -0.4 is 10.6 Å². The molecule has 0 spiro atoms. The first kappa shape index (κ1) is 23.4. The summed E-state index contributed by atoms with van der Waals surface area (Å²) in [5.41, 5.74) is 0.682. The summed E-state index contributed by atoms with van der Waals surface area (Å²) in [6.07, 6.45) is 0.989. The minimum Gasteiger partial charge on any atom is -0.469 e. The molecule has 1 aromatic rings. The number of carbonyl (C=O) groups is 2. The topological polar surface area (TPSA) is 79.9 Å². The van der Waals surface area contributed by atoms with Crippen molar-refractivity contribution in [3.8, 4) is 0 Å². The molecule has 2 N–H and O–H groups in total. The van der Waals surface area contributed by atoms with Gasteiger partial charge in [-0.1, -0.05) is 43.6 Å². The number of nitrogens with one attached hydrogen (secondary N) is 2. The lowest BCUT2D eigenvalue weighted by molar-refractivity contribution is -0.141. The normalized spacial score (nSPS) is 16.9. The summed E-state index contributed by atoms with van der Waals surface area (Å²) in [5, 5.41) is 6.33. The number of benzene rings is 1. The maximum absolute atomic E-state index is 12.6. The average Bonchev–Trinajstić information content (AvgIpc) is 2.71. The molecule has 0 bridgehead atoms. The zero-order valence-electron chi connectivity index (χ0n) is 17.4. The van der Waals surface area contributed by atoms with Gasteiger partial charge in [-0.05, 0) is 24.0 Å². The standard InChI is InChI=1S/C21H32ClN3O4/c1-15(2)12-16(25-8-10-29-11-9-25)14-23-21(27)24-19(13-20(26)28-3)17-6-4-5-7-18(17)22/h4-7,15-16,19H,8-14H2,1-3H3,(H2,23,24,27). The lowest BCUT2D eigenvalue weighted by Gasteiger charge is -2.35. The summed E-state index contributed by atoms with van der Waals surface area (Å²) >= 11 is 6.27. The maximum Gasteiger partial charge on any atom is 0.315 e. The molecule has 0 aliphatic carbocycles. The summed E-state index contributed by atoms with van der Waals surface area (Å²) in [5.74, 6) is 0.101. The van der Waals surface area contributed by atoms with Crippen LogP contribution in [0.15, 0.2) is 24.3 Å². The minimum atomic E-state index is -0.567. The number of nitrogens with zero attached hydrogens (tertiary/aromatic N) is 1. The van der Waals surface area contributed by atoms with Gasteiger partial charge in [0.05, 0.1) is 32.8 Å². The van der Waals surface area contributed by atoms with Crippen LogP contribution in [0.1, 0.15) is 38.3 Å². The summed E-state index contributed by atoms with van der Waals surface area (Å²) in [7, 11) is 1.32. The smallest absolute Gasteiger partial charge is 0.315 e. The molecule has 1 heterocycles. The SMILES string of the molecule is COC(=O)CC(NC(=O)NCC(CC(C)C)N1CCOCC1)c1ccccc1Cl. The van der Waals surface area contributed by atoms with E-state index in [2.05, 4.69) is 29.4 Å². The summed E-state index contributed by atoms with van der Waals surface area (Å²) in [6, 6.07) is 6.50. The van der Waals surface area contributed by atoms with Gasteiger partial charge in [0, 0.05) is 30.7 Å². The first-order valence-electron chi connectivity index (χ1n) is 10.1. The first-order valence-corrected chi connectivity index (χ1v) is 10.5. The Labute approximate surface area is 178 Å². The molecule has 2 rings (SSSR count). The lowest BCUT2D eigenvalue weighted by Crippen LogP contribution is -2.51. The van der Waals surface area contributed by atoms with E-state index >= 15 is 0 Å². The molecule has 0 aromatic heterocycles. The van der Waals surface area contributed by atoms with Crippen molar-refractivity contribution >= 4 is 23.6 Å². The second-order valence-electron chi connectivity index (χ2n) is 7.64. The Kier molecular flexibility index (Phi) is 9.70. The number of urea groups is 1. The van der Waals surface area contributed by atoms with E-state index in [9.17, 15) is 9.59 Å². The van der Waals surface area contributed by atoms with Gasteiger partial charge in [-0.2, -0.15) is 0 Å². The Morgan fingerprint density at radius 2 is 1.93 bits per heavy atom. The van der Waals surface area contributed by atoms with E-state index in [-0.39, 0.29) is 18.5 Å². The summed E-state index contributed by atoms with van der Waals surface area (Å²) < 4.78 is 10.2. The Morgan fingerprint density at radius 3 is 2.55 bits per heavy atom. The molecule has 29 heavy (non-hydrogen) atoms. The van der Waals surface area contributed by atoms with Crippen LogP contribution in [-0.4, -0.2) is 62.9 Å². The fraction of sp³-hybridized carbons (Fsp3) is 0.619. The number of rotatable bonds is 9. The third kappa shape index (κ3) is 7.84. The molecule has 162 valence electrons. The highest BCUT2D eigenvalue weighted by molar-refractivity contribution is 6.31. The van der Waals surface area contributed by atoms with E-state index in [0.717, 1.165) is 19.5 Å². The predicted molar refractivity (Wildman–Crippen MR) is 113 cm³/mol. The van der Waals surface area contributed by atoms with Crippen LogP contribution in [0.25, 0.3) is 0 Å². The Hall–Kier alpha value is -1.83. The molecule has 1 aromatic carbocycles. The monoisotopic (exact) mass is 425 g/mol. The van der Waals surface area contributed by atoms with Crippen LogP contribution in [0.2, 0.25) is 5.02 Å². The molecule has 2 atom stereocenters. The second kappa shape index (κ2) is 12.0. The van der Waals surface area contributed by atoms with Crippen LogP contribution in [0.3, 0.4) is 0 Å². The van der Waals surface area contributed by atoms with Gasteiger partial charge in [-0.15, -0.1) is 0 Å². The highest BCUT2D eigenvalue weighted by Gasteiger charge is 2.24. The van der Waals surface area contributed by atoms with E-state index in [1.807, 2.05) is 6.07 Å². The molecule has 1 aliphatic heterocycles. The Morgan fingerprint density at radius 1 is 1.24 bits per heavy atom. The van der Waals surface area contributed by atoms with Crippen molar-refractivity contribution in [2.45, 2.75) is 38.8 Å². The number of methoxy groups -OCH3 is 1. The zero-order valence-corrected chi connectivity index (χ0v) is 18.2. The van der Waals surface area contributed by atoms with Gasteiger partial charge >= 0.3 is 12.0 Å². The predicted octanol–water partition coefficient (Wildman–Crippen LogP) is 2.99. The maximum atomic E-state index is 12.6. The molecule has 2 amide bonds. The van der Waals surface area contributed by atoms with Crippen LogP contribution >= 0.6 is 11.6 Å². The van der Waals surface area contributed by atoms with Crippen molar-refractivity contribution in [3.05, 3.63) is 34.9 Å². The zero-order chi connectivity index (χ0) is 21.2. The van der Waals surface area contributed by atoms with Gasteiger partial charge in [0.25, 0.3) is 0 Å². The van der Waals surface area contributed by atoms with Crippen molar-refractivity contribution < 1.29 is 19.1 Å². The van der Waals surface area contributed by atoms with Gasteiger partial charge in [-0.3, -0.25) is 9.69 Å². The van der Waals surface area contributed by atoms with E-state index in [1.165, 1.54) is 7.11 Å². The molecular weight excluding hydrogens is 394 g/mol. The molecule has 7 nitrogen and oxygen atoms in total. The van der Waals surface area contributed by atoms with Crippen LogP contribution in [-0.2, 0) is 14.3 Å². The molecule has 2 unspecified atom stereocenters. The van der Waals surface area contributed by atoms with Crippen molar-refractivity contribution in [2.24, 2.45) is 5.92 Å². The van der Waals surface area contributed by atoms with E-state index < -0.39 is 12.0 Å². The highest BCUT2D eigenvalue weighted by atomic mass is 35.5. The van der Waals surface area contributed by atoms with E-state index in [4.69, 9.17) is 21.1 Å². The van der Waals surface area contributed by atoms with Crippen molar-refractivity contribution in [1.29, 1.82) is 0 Å². The molecule has 1 saturated heterocycles. The third-order valence-electron chi connectivity index (χ3n) is 4.99. The van der Waals surface area contributed by atoms with E-state index in [1.54, 1.807) is 18.2 Å². The molecule has 0 radical (unpaired) electrons. The number of amides is 2. The Balaban J connectivity index is 2.00. The number of hydrogen-bond acceptors (Lipinski definition) is 5. The second-order valence-corrected chi connectivity index (χ2v) is 8.05. The summed E-state index contributed by atoms with van der Waals surface area (Å²) in [4.78, 5) is 26.8. The van der Waals surface area contributed by atoms with Gasteiger partial charge in [0.2, 0.25) is 0 Å². The molecule has 0 saturated carbocycles. The lowest BCUT2D eigenvalue weighted by atomic mass is 10.0. The largest absolute Gasteiger partial charge is 0.469 e. The molecule has 1 fully saturated rings. The Bertz CT molecular complexity index is 665. The fourth-order valence-corrected chi connectivity index (χ4v) is 3.78. The number of carbonyl (C=O) groups excluding carboxylic acids is 2. The van der Waals surface area contributed by atoms with Gasteiger partial charge in [0.1, 0.15) is 0 Å². The number of hydrogen-bond donors (Lipinski definition) is 2. The number of esters is 1. The number of ether oxygens (including phenoxy) is 2. The van der Waals surface area contributed by atoms with Crippen LogP contribution in [0, 0.1) is 5.92 Å². The fourth-order valence-electron chi connectivity index (χ4n) is 3.51. The van der Waals surface area contributed by atoms with Gasteiger partial charge in [-0.25, -0.2) is 4.79 Å². The van der Waals surface area contributed by atoms with Crippen molar-refractivity contribution in [1.82, 2.24) is 15.5 Å². The van der Waals surface area contributed by atoms with E-state index in [0.29, 0.717) is 36.3 Å². The van der Waals surface area contributed by atoms with Crippen LogP contribution in [0.5, 0.6) is 0 Å². The highest BCUT2D eigenvalue weighted by Crippen LogP contribution is 2.25. The van der Waals surface area contributed by atoms with Crippen molar-refractivity contribution in [3.63, 3.8) is 0 Å². The van der Waals surface area contributed by atoms with Gasteiger partial charge < -0.3 is 20.1 Å². The van der Waals surface area contributed by atoms with Crippen molar-refractivity contribution in [2.75, 3.05) is 40.0 Å². The number of morpholine rings is 1. The van der Waals surface area contributed by atoms with Crippen LogP contribution in [0.4, 0.5) is 4.79 Å².